The number of rotatable bonds is 4. The van der Waals surface area contributed by atoms with Gasteiger partial charge in [-0.1, -0.05) is 30.3 Å². The Hall–Kier alpha value is -3.55. The van der Waals surface area contributed by atoms with Crippen LogP contribution in [0.5, 0.6) is 5.75 Å². The van der Waals surface area contributed by atoms with Gasteiger partial charge in [-0.15, -0.1) is 0 Å². The fourth-order valence-corrected chi connectivity index (χ4v) is 2.97. The van der Waals surface area contributed by atoms with Crippen molar-refractivity contribution in [2.45, 2.75) is 6.92 Å². The second kappa shape index (κ2) is 6.40. The van der Waals surface area contributed by atoms with E-state index in [1.807, 2.05) is 37.3 Å². The summed E-state index contributed by atoms with van der Waals surface area (Å²) < 4.78 is 2.67. The van der Waals surface area contributed by atoms with Crippen LogP contribution in [0.4, 0.5) is 0 Å². The van der Waals surface area contributed by atoms with E-state index >= 15 is 0 Å². The van der Waals surface area contributed by atoms with E-state index in [4.69, 9.17) is 5.11 Å². The number of aliphatic carboxylic acids is 1. The topological polar surface area (TPSA) is 113 Å². The summed E-state index contributed by atoms with van der Waals surface area (Å²) in [4.78, 5) is 35.5. The van der Waals surface area contributed by atoms with Gasteiger partial charge in [-0.25, -0.2) is 4.68 Å². The molecule has 2 aromatic heterocycles. The van der Waals surface area contributed by atoms with E-state index in [0.717, 1.165) is 11.1 Å². The number of fused-ring (bicyclic) bond motifs is 1. The summed E-state index contributed by atoms with van der Waals surface area (Å²) in [5.74, 6) is -2.67. The highest BCUT2D eigenvalue weighted by Gasteiger charge is 2.25. The van der Waals surface area contributed by atoms with Crippen molar-refractivity contribution in [3.05, 3.63) is 58.0 Å². The third-order valence-electron chi connectivity index (χ3n) is 4.16. The Bertz CT molecular complexity index is 1080. The molecule has 3 aromatic rings. The van der Waals surface area contributed by atoms with Gasteiger partial charge in [-0.3, -0.25) is 18.9 Å². The van der Waals surface area contributed by atoms with Crippen LogP contribution in [0.1, 0.15) is 15.9 Å². The molecule has 134 valence electrons. The molecule has 8 nitrogen and oxygen atoms in total. The number of aryl methyl sites for hydroxylation is 2. The van der Waals surface area contributed by atoms with Crippen LogP contribution >= 0.6 is 0 Å². The van der Waals surface area contributed by atoms with Crippen LogP contribution in [0, 0.1) is 6.92 Å². The fraction of sp³-hybridized carbons (Fsp3) is 0.167. The molecule has 1 amide bonds. The SMILES string of the molecule is Cc1cn2c(c(O)c(C(=O)NCC(=O)O)c(=O)n2C)c1-c1ccccc1. The van der Waals surface area contributed by atoms with E-state index in [1.54, 1.807) is 6.20 Å². The molecule has 3 N–H and O–H groups in total. The van der Waals surface area contributed by atoms with E-state index in [-0.39, 0.29) is 0 Å². The first-order chi connectivity index (χ1) is 12.3. The number of hydrogen-bond acceptors (Lipinski definition) is 4. The summed E-state index contributed by atoms with van der Waals surface area (Å²) in [6, 6.07) is 9.27. The van der Waals surface area contributed by atoms with Crippen LogP contribution in [0.2, 0.25) is 0 Å². The number of benzene rings is 1. The largest absolute Gasteiger partial charge is 0.505 e. The van der Waals surface area contributed by atoms with Gasteiger partial charge in [-0.05, 0) is 18.1 Å². The zero-order chi connectivity index (χ0) is 19.0. The third kappa shape index (κ3) is 2.71. The molecule has 3 rings (SSSR count). The molecule has 0 aliphatic heterocycles. The average Bonchev–Trinajstić information content (AvgIpc) is 2.96. The Morgan fingerprint density at radius 1 is 1.19 bits per heavy atom. The van der Waals surface area contributed by atoms with E-state index in [2.05, 4.69) is 5.32 Å². The molecule has 2 heterocycles. The average molecular weight is 355 g/mol. The number of nitrogens with one attached hydrogen (secondary N) is 1. The monoisotopic (exact) mass is 355 g/mol. The minimum atomic E-state index is -1.25. The predicted octanol–water partition coefficient (Wildman–Crippen LogP) is 1.13. The zero-order valence-corrected chi connectivity index (χ0v) is 14.2. The summed E-state index contributed by atoms with van der Waals surface area (Å²) >= 11 is 0. The molecule has 1 aromatic carbocycles. The minimum absolute atomic E-state index is 0.302. The molecule has 0 radical (unpaired) electrons. The van der Waals surface area contributed by atoms with E-state index < -0.39 is 35.3 Å². The van der Waals surface area contributed by atoms with Crippen molar-refractivity contribution in [2.75, 3.05) is 6.54 Å². The molecule has 0 fully saturated rings. The van der Waals surface area contributed by atoms with Gasteiger partial charge in [0.15, 0.2) is 5.75 Å². The minimum Gasteiger partial charge on any atom is -0.505 e. The lowest BCUT2D eigenvalue weighted by Crippen LogP contribution is -2.36. The summed E-state index contributed by atoms with van der Waals surface area (Å²) in [7, 11) is 1.47. The number of carbonyl (C=O) groups excluding carboxylic acids is 1. The maximum atomic E-state index is 12.5. The number of amides is 1. The molecule has 26 heavy (non-hydrogen) atoms. The zero-order valence-electron chi connectivity index (χ0n) is 14.2. The van der Waals surface area contributed by atoms with Crippen LogP contribution in [0.15, 0.2) is 41.3 Å². The van der Waals surface area contributed by atoms with Gasteiger partial charge in [0.05, 0.1) is 0 Å². The highest BCUT2D eigenvalue weighted by Crippen LogP contribution is 2.35. The maximum absolute atomic E-state index is 12.5. The summed E-state index contributed by atoms with van der Waals surface area (Å²) in [6.07, 6.45) is 1.69. The third-order valence-corrected chi connectivity index (χ3v) is 4.16. The van der Waals surface area contributed by atoms with Crippen LogP contribution in [-0.4, -0.2) is 37.8 Å². The van der Waals surface area contributed by atoms with Crippen molar-refractivity contribution < 1.29 is 19.8 Å². The van der Waals surface area contributed by atoms with Gasteiger partial charge in [0, 0.05) is 18.8 Å². The Morgan fingerprint density at radius 3 is 2.46 bits per heavy atom. The molecule has 0 aliphatic carbocycles. The van der Waals surface area contributed by atoms with Gasteiger partial charge in [0.1, 0.15) is 17.6 Å². The summed E-state index contributed by atoms with van der Waals surface area (Å²) in [5.41, 5.74) is 1.40. The molecule has 0 saturated carbocycles. The first-order valence-electron chi connectivity index (χ1n) is 7.82. The molecular weight excluding hydrogens is 338 g/mol. The summed E-state index contributed by atoms with van der Waals surface area (Å²) in [5, 5.41) is 21.5. The highest BCUT2D eigenvalue weighted by atomic mass is 16.4. The van der Waals surface area contributed by atoms with Gasteiger partial charge in [0.2, 0.25) is 0 Å². The smallest absolute Gasteiger partial charge is 0.322 e. The second-order valence-corrected chi connectivity index (χ2v) is 5.88. The molecule has 0 atom stereocenters. The number of carboxylic acid groups (broad SMARTS) is 1. The molecule has 0 spiro atoms. The van der Waals surface area contributed by atoms with Crippen molar-refractivity contribution in [3.63, 3.8) is 0 Å². The van der Waals surface area contributed by atoms with Crippen LogP contribution < -0.4 is 10.9 Å². The maximum Gasteiger partial charge on any atom is 0.322 e. The molecule has 0 aliphatic rings. The van der Waals surface area contributed by atoms with Crippen molar-refractivity contribution >= 4 is 17.4 Å². The van der Waals surface area contributed by atoms with Gasteiger partial charge >= 0.3 is 5.97 Å². The van der Waals surface area contributed by atoms with Crippen molar-refractivity contribution in [1.29, 1.82) is 0 Å². The van der Waals surface area contributed by atoms with Crippen molar-refractivity contribution in [2.24, 2.45) is 7.05 Å². The standard InChI is InChI=1S/C18H17N3O5/c1-10-9-21-15(13(10)11-6-4-3-5-7-11)16(24)14(18(26)20(21)2)17(25)19-8-12(22)23/h3-7,9,24H,8H2,1-2H3,(H,19,25)(H,22,23). The van der Waals surface area contributed by atoms with Gasteiger partial charge in [0.25, 0.3) is 11.5 Å². The molecular formula is C18H17N3O5. The lowest BCUT2D eigenvalue weighted by Gasteiger charge is -2.12. The molecule has 8 heteroatoms. The van der Waals surface area contributed by atoms with Gasteiger partial charge < -0.3 is 15.5 Å². The Kier molecular flexibility index (Phi) is 4.25. The number of carbonyl (C=O) groups is 2. The highest BCUT2D eigenvalue weighted by molar-refractivity contribution is 6.02. The first kappa shape index (κ1) is 17.3. The molecule has 0 unspecified atom stereocenters. The quantitative estimate of drug-likeness (QED) is 0.649. The second-order valence-electron chi connectivity index (χ2n) is 5.88. The van der Waals surface area contributed by atoms with E-state index in [0.29, 0.717) is 11.1 Å². The molecule has 0 saturated heterocycles. The Morgan fingerprint density at radius 2 is 1.85 bits per heavy atom. The number of aromatic nitrogens is 2. The number of nitrogens with zero attached hydrogens (tertiary/aromatic N) is 2. The summed E-state index contributed by atoms with van der Waals surface area (Å²) in [6.45, 7) is 1.18. The van der Waals surface area contributed by atoms with E-state index in [1.165, 1.54) is 16.2 Å². The van der Waals surface area contributed by atoms with Crippen LogP contribution in [-0.2, 0) is 11.8 Å². The lowest BCUT2D eigenvalue weighted by molar-refractivity contribution is -0.135. The Labute approximate surface area is 147 Å². The first-order valence-corrected chi connectivity index (χ1v) is 7.82. The van der Waals surface area contributed by atoms with Gasteiger partial charge in [-0.2, -0.15) is 0 Å². The predicted molar refractivity (Wildman–Crippen MR) is 94.4 cm³/mol. The van der Waals surface area contributed by atoms with E-state index in [9.17, 15) is 19.5 Å². The van der Waals surface area contributed by atoms with Crippen molar-refractivity contribution in [1.82, 2.24) is 14.5 Å². The number of hydrogen-bond donors (Lipinski definition) is 3. The van der Waals surface area contributed by atoms with Crippen molar-refractivity contribution in [3.8, 4) is 16.9 Å². The Balaban J connectivity index is 2.31. The van der Waals surface area contributed by atoms with Crippen LogP contribution in [0.25, 0.3) is 16.6 Å². The fourth-order valence-electron chi connectivity index (χ4n) is 2.97. The molecule has 0 bridgehead atoms. The lowest BCUT2D eigenvalue weighted by atomic mass is 10.0. The number of carboxylic acids is 1. The number of aromatic hydroxyl groups is 1. The normalized spacial score (nSPS) is 10.8. The van der Waals surface area contributed by atoms with Crippen LogP contribution in [0.3, 0.4) is 0 Å².